The molecule has 0 amide bonds. The van der Waals surface area contributed by atoms with Crippen molar-refractivity contribution in [3.63, 3.8) is 0 Å². The Bertz CT molecular complexity index is 1820. The molecule has 9 nitrogen and oxygen atoms in total. The highest BCUT2D eigenvalue weighted by atomic mass is 16.8. The molecule has 0 aromatic heterocycles. The number of ether oxygens (including phenoxy) is 7. The maximum absolute atomic E-state index is 7.18. The van der Waals surface area contributed by atoms with E-state index in [-0.39, 0.29) is 18.2 Å². The highest BCUT2D eigenvalue weighted by Crippen LogP contribution is 2.36. The minimum absolute atomic E-state index is 0.0979. The first-order chi connectivity index (χ1) is 31.8. The molecule has 6 rings (SSSR count). The normalized spacial score (nSPS) is 24.6. The van der Waals surface area contributed by atoms with E-state index in [2.05, 4.69) is 60.8 Å². The second-order valence-electron chi connectivity index (χ2n) is 18.7. The van der Waals surface area contributed by atoms with Crippen LogP contribution in [0.4, 0.5) is 0 Å². The van der Waals surface area contributed by atoms with Crippen LogP contribution in [0.2, 0.25) is 0 Å². The number of benzene rings is 4. The fourth-order valence-electron chi connectivity index (χ4n) is 9.53. The predicted octanol–water partition coefficient (Wildman–Crippen LogP) is 11.3. The van der Waals surface area contributed by atoms with Crippen LogP contribution in [0.25, 0.3) is 0 Å². The molecule has 1 heterocycles. The van der Waals surface area contributed by atoms with Gasteiger partial charge in [-0.1, -0.05) is 205 Å². The fraction of sp³-hybridized carbons (Fsp3) is 0.571. The van der Waals surface area contributed by atoms with Crippen LogP contribution >= 0.6 is 0 Å². The average Bonchev–Trinajstić information content (AvgIpc) is 3.66. The molecule has 0 bridgehead atoms. The fourth-order valence-corrected chi connectivity index (χ4v) is 9.53. The van der Waals surface area contributed by atoms with Gasteiger partial charge < -0.3 is 44.2 Å². The van der Waals surface area contributed by atoms with Gasteiger partial charge in [0, 0.05) is 19.7 Å². The van der Waals surface area contributed by atoms with Crippen LogP contribution in [0.5, 0.6) is 0 Å². The smallest absolute Gasteiger partial charge is 0.163 e. The van der Waals surface area contributed by atoms with Crippen molar-refractivity contribution < 1.29 is 33.2 Å². The Morgan fingerprint density at radius 3 is 1.29 bits per heavy atom. The number of unbranched alkanes of at least 4 members (excludes halogenated alkanes) is 11. The Hall–Kier alpha value is -3.48. The van der Waals surface area contributed by atoms with Gasteiger partial charge in [-0.05, 0) is 42.5 Å². The molecule has 3 N–H and O–H groups in total. The van der Waals surface area contributed by atoms with Gasteiger partial charge in [0.2, 0.25) is 0 Å². The molecule has 356 valence electrons. The Kier molecular flexibility index (Phi) is 21.9. The third kappa shape index (κ3) is 16.7. The Morgan fingerprint density at radius 1 is 0.508 bits per heavy atom. The molecule has 9 atom stereocenters. The van der Waals surface area contributed by atoms with Crippen molar-refractivity contribution in [3.05, 3.63) is 144 Å². The van der Waals surface area contributed by atoms with Gasteiger partial charge in [-0.2, -0.15) is 0 Å². The van der Waals surface area contributed by atoms with Crippen molar-refractivity contribution in [3.8, 4) is 0 Å². The number of nitrogens with two attached hydrogens (primary N) is 1. The first kappa shape index (κ1) is 50.9. The molecule has 2 fully saturated rings. The number of hydrogen-bond donors (Lipinski definition) is 2. The lowest BCUT2D eigenvalue weighted by atomic mass is 9.81. The summed E-state index contributed by atoms with van der Waals surface area (Å²) in [6, 6.07) is 40.2. The van der Waals surface area contributed by atoms with Gasteiger partial charge in [0.1, 0.15) is 36.6 Å². The van der Waals surface area contributed by atoms with Crippen LogP contribution in [0, 0.1) is 0 Å². The zero-order chi connectivity index (χ0) is 45.5. The summed E-state index contributed by atoms with van der Waals surface area (Å²) in [4.78, 5) is 0. The van der Waals surface area contributed by atoms with Crippen LogP contribution in [0.3, 0.4) is 0 Å². The van der Waals surface area contributed by atoms with E-state index in [0.717, 1.165) is 35.1 Å². The number of hydrogen-bond acceptors (Lipinski definition) is 9. The molecule has 4 aromatic carbocycles. The van der Waals surface area contributed by atoms with Crippen molar-refractivity contribution in [2.75, 3.05) is 13.7 Å². The zero-order valence-electron chi connectivity index (χ0n) is 39.9. The topological polar surface area (TPSA) is 103 Å². The summed E-state index contributed by atoms with van der Waals surface area (Å²) in [5.41, 5.74) is 11.4. The van der Waals surface area contributed by atoms with Gasteiger partial charge in [0.15, 0.2) is 5.79 Å². The molecule has 65 heavy (non-hydrogen) atoms. The Balaban J connectivity index is 1.20. The molecule has 1 aliphatic heterocycles. The molecule has 1 aliphatic carbocycles. The summed E-state index contributed by atoms with van der Waals surface area (Å²) >= 11 is 0. The minimum Gasteiger partial charge on any atom is -0.377 e. The van der Waals surface area contributed by atoms with E-state index < -0.39 is 42.3 Å². The van der Waals surface area contributed by atoms with Crippen molar-refractivity contribution >= 4 is 0 Å². The molecule has 2 aliphatic rings. The maximum atomic E-state index is 7.18. The highest BCUT2D eigenvalue weighted by molar-refractivity contribution is 5.18. The minimum atomic E-state index is -0.721. The van der Waals surface area contributed by atoms with Crippen LogP contribution in [-0.4, -0.2) is 74.3 Å². The molecule has 1 saturated carbocycles. The van der Waals surface area contributed by atoms with Gasteiger partial charge >= 0.3 is 0 Å². The van der Waals surface area contributed by atoms with Crippen LogP contribution in [0.1, 0.15) is 126 Å². The Labute approximate surface area is 391 Å². The summed E-state index contributed by atoms with van der Waals surface area (Å²) in [7, 11) is 1.74. The predicted molar refractivity (Wildman–Crippen MR) is 260 cm³/mol. The molecule has 0 spiro atoms. The van der Waals surface area contributed by atoms with Crippen molar-refractivity contribution in [1.82, 2.24) is 5.32 Å². The zero-order valence-corrected chi connectivity index (χ0v) is 39.9. The number of nitrogens with one attached hydrogen (secondary N) is 1. The summed E-state index contributed by atoms with van der Waals surface area (Å²) in [6.45, 7) is 8.17. The van der Waals surface area contributed by atoms with E-state index in [1.807, 2.05) is 86.6 Å². The first-order valence-electron chi connectivity index (χ1n) is 24.8. The average molecular weight is 893 g/mol. The second kappa shape index (κ2) is 28.0. The molecule has 1 saturated heterocycles. The monoisotopic (exact) mass is 893 g/mol. The lowest BCUT2D eigenvalue weighted by Crippen LogP contribution is -2.71. The van der Waals surface area contributed by atoms with E-state index in [4.69, 9.17) is 38.9 Å². The molecular formula is C56H80N2O7. The lowest BCUT2D eigenvalue weighted by Gasteiger charge is -2.50. The van der Waals surface area contributed by atoms with Crippen LogP contribution in [0.15, 0.2) is 121 Å². The van der Waals surface area contributed by atoms with Crippen LogP contribution in [-0.2, 0) is 59.6 Å². The maximum Gasteiger partial charge on any atom is 0.163 e. The van der Waals surface area contributed by atoms with E-state index in [9.17, 15) is 0 Å². The van der Waals surface area contributed by atoms with E-state index in [1.54, 1.807) is 7.11 Å². The summed E-state index contributed by atoms with van der Waals surface area (Å²) in [5, 5.41) is 3.87. The van der Waals surface area contributed by atoms with Crippen molar-refractivity contribution in [2.45, 2.75) is 191 Å². The van der Waals surface area contributed by atoms with Gasteiger partial charge in [-0.25, -0.2) is 0 Å². The van der Waals surface area contributed by atoms with Crippen LogP contribution < -0.4 is 11.1 Å². The third-order valence-electron chi connectivity index (χ3n) is 13.0. The van der Waals surface area contributed by atoms with E-state index in [0.29, 0.717) is 33.0 Å². The van der Waals surface area contributed by atoms with Crippen molar-refractivity contribution in [2.24, 2.45) is 5.73 Å². The van der Waals surface area contributed by atoms with Gasteiger partial charge in [0.25, 0.3) is 0 Å². The number of rotatable bonds is 30. The standard InChI is InChI=1S/C56H80N2O7/c1-5-6-7-8-9-10-11-12-13-14-15-28-37-48-50(65-56(2,3)64-48)47(57)38-58-49-51(59-4)53(61-40-44-31-22-17-23-32-44)55(63-42-46-35-26-19-27-36-46)54(62-41-45-33-24-18-25-34-45)52(49)60-39-43-29-20-16-21-30-43/h16-27,29-36,47-55,58H,5-15,28,37-42,57H2,1-4H3/t47?,48-,49?,50+,51?,52+,53?,54?,55+/m1/s1. The van der Waals surface area contributed by atoms with Gasteiger partial charge in [-0.3, -0.25) is 0 Å². The molecule has 0 radical (unpaired) electrons. The highest BCUT2D eigenvalue weighted by Gasteiger charge is 2.54. The van der Waals surface area contributed by atoms with E-state index in [1.165, 1.54) is 70.6 Å². The van der Waals surface area contributed by atoms with E-state index >= 15 is 0 Å². The first-order valence-corrected chi connectivity index (χ1v) is 24.8. The third-order valence-corrected chi connectivity index (χ3v) is 13.0. The second-order valence-corrected chi connectivity index (χ2v) is 18.7. The molecule has 5 unspecified atom stereocenters. The number of methoxy groups -OCH3 is 1. The SMILES string of the molecule is CCCCCCCCCCCCCC[C@H]1OC(C)(C)O[C@H]1C(N)CNC1C(OC)C(OCc2ccccc2)[C@H](OCc2ccccc2)C(OCc2ccccc2)[C@H]1OCc1ccccc1. The van der Waals surface area contributed by atoms with Crippen molar-refractivity contribution in [1.29, 1.82) is 0 Å². The molecule has 4 aromatic rings. The Morgan fingerprint density at radius 2 is 0.877 bits per heavy atom. The lowest BCUT2D eigenvalue weighted by molar-refractivity contribution is -0.254. The molecule has 9 heteroatoms. The summed E-state index contributed by atoms with van der Waals surface area (Å²) < 4.78 is 47.7. The van der Waals surface area contributed by atoms with Gasteiger partial charge in [-0.15, -0.1) is 0 Å². The summed E-state index contributed by atoms with van der Waals surface area (Å²) in [6.07, 6.45) is 13.6. The quantitative estimate of drug-likeness (QED) is 0.0495. The van der Waals surface area contributed by atoms with Gasteiger partial charge in [0.05, 0.1) is 38.6 Å². The summed E-state index contributed by atoms with van der Waals surface area (Å²) in [5.74, 6) is -0.721. The largest absolute Gasteiger partial charge is 0.377 e. The molecular weight excluding hydrogens is 813 g/mol.